The summed E-state index contributed by atoms with van der Waals surface area (Å²) < 4.78 is 1.01. The lowest BCUT2D eigenvalue weighted by Gasteiger charge is -2.47. The van der Waals surface area contributed by atoms with Crippen LogP contribution < -0.4 is 0 Å². The summed E-state index contributed by atoms with van der Waals surface area (Å²) in [5.41, 5.74) is 0. The molecule has 0 aromatic rings. The molecule has 0 radical (unpaired) electrons. The number of hydrogen-bond donors (Lipinski definition) is 4. The molecule has 2 aliphatic rings. The summed E-state index contributed by atoms with van der Waals surface area (Å²) in [4.78, 5) is 0. The second kappa shape index (κ2) is 7.33. The number of likely N-dealkylation sites (tertiary alicyclic amines) is 2. The van der Waals surface area contributed by atoms with Crippen molar-refractivity contribution in [1.29, 1.82) is 0 Å². The van der Waals surface area contributed by atoms with Crippen molar-refractivity contribution in [2.45, 2.75) is 63.1 Å². The zero-order valence-corrected chi connectivity index (χ0v) is 14.8. The first kappa shape index (κ1) is 19.1. The van der Waals surface area contributed by atoms with Gasteiger partial charge in [-0.25, -0.2) is 0 Å². The molecule has 136 valence electrons. The molecule has 23 heavy (non-hydrogen) atoms. The molecule has 2 saturated heterocycles. The van der Waals surface area contributed by atoms with Crippen LogP contribution >= 0.6 is 0 Å². The van der Waals surface area contributed by atoms with Crippen LogP contribution in [0.1, 0.15) is 44.9 Å². The van der Waals surface area contributed by atoms with E-state index in [9.17, 15) is 20.4 Å². The van der Waals surface area contributed by atoms with Crippen molar-refractivity contribution in [3.8, 4) is 0 Å². The van der Waals surface area contributed by atoms with E-state index in [1.54, 1.807) is 0 Å². The van der Waals surface area contributed by atoms with E-state index in [-0.39, 0.29) is 10.6 Å². The fourth-order valence-corrected chi connectivity index (χ4v) is 4.38. The molecule has 0 aliphatic carbocycles. The number of quaternary nitrogens is 2. The summed E-state index contributed by atoms with van der Waals surface area (Å²) in [6.07, 6.45) is 4.93. The zero-order chi connectivity index (χ0) is 17.1. The average molecular weight is 332 g/mol. The molecule has 2 heterocycles. The van der Waals surface area contributed by atoms with Crippen molar-refractivity contribution in [3.05, 3.63) is 0 Å². The molecule has 0 bridgehead atoms. The Kier molecular flexibility index (Phi) is 6.09. The first-order chi connectivity index (χ1) is 10.7. The van der Waals surface area contributed by atoms with Gasteiger partial charge in [0.2, 0.25) is 0 Å². The van der Waals surface area contributed by atoms with Crippen molar-refractivity contribution in [3.63, 3.8) is 0 Å². The molecule has 0 aromatic carbocycles. The molecule has 2 rings (SSSR count). The molecule has 4 atom stereocenters. The SMILES string of the molecule is C[N+]1(CCCCC(O)(O)[N+]2(C)CCCC(O)C2)CCCC(O)C1. The Labute approximate surface area is 140 Å². The maximum absolute atomic E-state index is 10.5. The molecule has 2 aliphatic heterocycles. The highest BCUT2D eigenvalue weighted by molar-refractivity contribution is 4.67. The average Bonchev–Trinajstić information content (AvgIpc) is 2.43. The van der Waals surface area contributed by atoms with Crippen LogP contribution in [0.4, 0.5) is 0 Å². The Morgan fingerprint density at radius 3 is 2.13 bits per heavy atom. The Hall–Kier alpha value is -0.240. The van der Waals surface area contributed by atoms with Gasteiger partial charge in [-0.15, -0.1) is 0 Å². The summed E-state index contributed by atoms with van der Waals surface area (Å²) >= 11 is 0. The Bertz CT molecular complexity index is 393. The third-order valence-electron chi connectivity index (χ3n) is 6.01. The Morgan fingerprint density at radius 2 is 1.52 bits per heavy atom. The van der Waals surface area contributed by atoms with Crippen LogP contribution in [0.2, 0.25) is 0 Å². The minimum atomic E-state index is -1.76. The van der Waals surface area contributed by atoms with Crippen molar-refractivity contribution in [2.75, 3.05) is 46.8 Å². The summed E-state index contributed by atoms with van der Waals surface area (Å²) in [5, 5.41) is 40.7. The van der Waals surface area contributed by atoms with Crippen LogP contribution in [0.15, 0.2) is 0 Å². The van der Waals surface area contributed by atoms with Crippen molar-refractivity contribution < 1.29 is 29.4 Å². The lowest BCUT2D eigenvalue weighted by atomic mass is 10.0. The molecular formula is C17H36N2O4+2. The van der Waals surface area contributed by atoms with Gasteiger partial charge in [-0.1, -0.05) is 0 Å². The van der Waals surface area contributed by atoms with E-state index in [1.165, 1.54) is 0 Å². The lowest BCUT2D eigenvalue weighted by Crippen LogP contribution is -2.66. The van der Waals surface area contributed by atoms with Gasteiger partial charge in [-0.3, -0.25) is 4.48 Å². The van der Waals surface area contributed by atoms with Crippen molar-refractivity contribution in [1.82, 2.24) is 0 Å². The van der Waals surface area contributed by atoms with E-state index < -0.39 is 12.0 Å². The van der Waals surface area contributed by atoms with Gasteiger partial charge >= 0.3 is 5.91 Å². The zero-order valence-electron chi connectivity index (χ0n) is 14.8. The standard InChI is InChI=1S/C17H36N2O4/c1-18(11-5-7-15(20)13-18)10-4-3-9-17(22,23)19(2)12-6-8-16(21)14-19/h15-16,20-23H,3-14H2,1-2H3/q+2. The van der Waals surface area contributed by atoms with Crippen molar-refractivity contribution >= 4 is 0 Å². The van der Waals surface area contributed by atoms with Crippen LogP contribution in [0, 0.1) is 0 Å². The van der Waals surface area contributed by atoms with Crippen molar-refractivity contribution in [2.24, 2.45) is 0 Å². The minimum Gasteiger partial charge on any atom is -0.387 e. The Morgan fingerprint density at radius 1 is 0.913 bits per heavy atom. The molecular weight excluding hydrogens is 296 g/mol. The van der Waals surface area contributed by atoms with E-state index >= 15 is 0 Å². The number of piperidine rings is 2. The highest BCUT2D eigenvalue weighted by Gasteiger charge is 2.47. The number of hydrogen-bond acceptors (Lipinski definition) is 4. The third-order valence-corrected chi connectivity index (χ3v) is 6.01. The number of likely N-dealkylation sites (N-methyl/N-ethyl adjacent to an activating group) is 2. The van der Waals surface area contributed by atoms with Crippen LogP contribution in [-0.4, -0.2) is 94.3 Å². The minimum absolute atomic E-state index is 0.124. The molecule has 6 heteroatoms. The topological polar surface area (TPSA) is 80.9 Å². The molecule has 0 aromatic heterocycles. The first-order valence-corrected chi connectivity index (χ1v) is 9.15. The van der Waals surface area contributed by atoms with Crippen LogP contribution in [0.3, 0.4) is 0 Å². The number of unbranched alkanes of at least 4 members (excludes halogenated alkanes) is 1. The number of rotatable bonds is 6. The van der Waals surface area contributed by atoms with Gasteiger partial charge in [-0.2, -0.15) is 0 Å². The molecule has 2 fully saturated rings. The smallest absolute Gasteiger partial charge is 0.313 e. The van der Waals surface area contributed by atoms with Crippen LogP contribution in [0.25, 0.3) is 0 Å². The molecule has 6 nitrogen and oxygen atoms in total. The van der Waals surface area contributed by atoms with E-state index in [1.807, 2.05) is 7.05 Å². The van der Waals surface area contributed by atoms with Gasteiger partial charge in [-0.05, 0) is 38.5 Å². The third kappa shape index (κ3) is 4.87. The lowest BCUT2D eigenvalue weighted by molar-refractivity contribution is -1.02. The second-order valence-corrected chi connectivity index (χ2v) is 8.37. The van der Waals surface area contributed by atoms with Gasteiger partial charge < -0.3 is 24.9 Å². The first-order valence-electron chi connectivity index (χ1n) is 9.15. The maximum Gasteiger partial charge on any atom is 0.313 e. The Balaban J connectivity index is 1.78. The molecule has 4 unspecified atom stereocenters. The van der Waals surface area contributed by atoms with Gasteiger partial charge in [0.1, 0.15) is 25.3 Å². The normalized spacial score (nSPS) is 39.4. The van der Waals surface area contributed by atoms with Gasteiger partial charge in [0, 0.05) is 0 Å². The van der Waals surface area contributed by atoms with Gasteiger partial charge in [0.15, 0.2) is 0 Å². The molecule has 0 amide bonds. The van der Waals surface area contributed by atoms with E-state index in [0.717, 1.165) is 62.6 Å². The number of nitrogens with zero attached hydrogens (tertiary/aromatic N) is 2. The van der Waals surface area contributed by atoms with Gasteiger partial charge in [0.25, 0.3) is 0 Å². The molecule has 0 saturated carbocycles. The van der Waals surface area contributed by atoms with Crippen LogP contribution in [-0.2, 0) is 0 Å². The highest BCUT2D eigenvalue weighted by Crippen LogP contribution is 2.29. The predicted molar refractivity (Wildman–Crippen MR) is 88.2 cm³/mol. The van der Waals surface area contributed by atoms with E-state index in [0.29, 0.717) is 19.5 Å². The van der Waals surface area contributed by atoms with Gasteiger partial charge in [0.05, 0.1) is 40.2 Å². The summed E-state index contributed by atoms with van der Waals surface area (Å²) in [6, 6.07) is 0. The maximum atomic E-state index is 10.5. The molecule has 4 N–H and O–H groups in total. The summed E-state index contributed by atoms with van der Waals surface area (Å²) in [7, 11) is 4.01. The van der Waals surface area contributed by atoms with E-state index in [2.05, 4.69) is 7.05 Å². The van der Waals surface area contributed by atoms with Crippen LogP contribution in [0.5, 0.6) is 0 Å². The molecule has 0 spiro atoms. The number of aliphatic hydroxyl groups is 4. The highest BCUT2D eigenvalue weighted by atomic mass is 16.5. The monoisotopic (exact) mass is 332 g/mol. The fraction of sp³-hybridized carbons (Fsp3) is 1.00. The second-order valence-electron chi connectivity index (χ2n) is 8.37. The quantitative estimate of drug-likeness (QED) is 0.313. The predicted octanol–water partition coefficient (Wildman–Crippen LogP) is -0.00230. The fourth-order valence-electron chi connectivity index (χ4n) is 4.38. The largest absolute Gasteiger partial charge is 0.387 e. The summed E-state index contributed by atoms with van der Waals surface area (Å²) in [6.45, 7) is 3.99. The number of aliphatic hydroxyl groups excluding tert-OH is 2. The van der Waals surface area contributed by atoms with E-state index in [4.69, 9.17) is 0 Å². The summed E-state index contributed by atoms with van der Waals surface area (Å²) in [5.74, 6) is -1.76.